The standard InChI is InChI=1S/C17H15NO5/c1-22-16(19)9-13-11-4-2-3-5-14(11)23-15-8-10(17(20)21)6-7-12(15)18-13/h2-8,13,18H,9H2,1H3,(H,20,21). The first-order chi connectivity index (χ1) is 11.1. The van der Waals surface area contributed by atoms with E-state index in [1.807, 2.05) is 18.2 Å². The molecule has 0 bridgehead atoms. The lowest BCUT2D eigenvalue weighted by Gasteiger charge is -2.17. The summed E-state index contributed by atoms with van der Waals surface area (Å²) in [5.41, 5.74) is 1.57. The third-order valence-corrected chi connectivity index (χ3v) is 3.67. The van der Waals surface area contributed by atoms with Crippen molar-refractivity contribution in [1.29, 1.82) is 0 Å². The number of fused-ring (bicyclic) bond motifs is 2. The number of hydrogen-bond acceptors (Lipinski definition) is 5. The van der Waals surface area contributed by atoms with Crippen LogP contribution in [0.15, 0.2) is 42.5 Å². The highest BCUT2D eigenvalue weighted by Crippen LogP contribution is 2.41. The number of ether oxygens (including phenoxy) is 2. The molecule has 118 valence electrons. The van der Waals surface area contributed by atoms with E-state index in [1.54, 1.807) is 12.1 Å². The Balaban J connectivity index is 2.05. The second-order valence-electron chi connectivity index (χ2n) is 5.13. The lowest BCUT2D eigenvalue weighted by Crippen LogP contribution is -2.15. The van der Waals surface area contributed by atoms with Gasteiger partial charge in [-0.1, -0.05) is 18.2 Å². The van der Waals surface area contributed by atoms with E-state index in [1.165, 1.54) is 19.2 Å². The fraction of sp³-hybridized carbons (Fsp3) is 0.176. The molecule has 0 saturated heterocycles. The molecular weight excluding hydrogens is 298 g/mol. The van der Waals surface area contributed by atoms with Gasteiger partial charge < -0.3 is 19.9 Å². The molecule has 6 heteroatoms. The van der Waals surface area contributed by atoms with Crippen LogP contribution in [0, 0.1) is 0 Å². The van der Waals surface area contributed by atoms with Crippen LogP contribution in [0.3, 0.4) is 0 Å². The highest BCUT2D eigenvalue weighted by atomic mass is 16.5. The van der Waals surface area contributed by atoms with Gasteiger partial charge in [0.05, 0.1) is 30.8 Å². The third-order valence-electron chi connectivity index (χ3n) is 3.67. The molecule has 0 aliphatic carbocycles. The molecule has 6 nitrogen and oxygen atoms in total. The SMILES string of the molecule is COC(=O)CC1Nc2ccc(C(=O)O)cc2Oc2ccccc21. The van der Waals surface area contributed by atoms with Gasteiger partial charge >= 0.3 is 11.9 Å². The third kappa shape index (κ3) is 2.96. The van der Waals surface area contributed by atoms with Crippen LogP contribution in [0.2, 0.25) is 0 Å². The monoisotopic (exact) mass is 313 g/mol. The summed E-state index contributed by atoms with van der Waals surface area (Å²) in [7, 11) is 1.34. The second-order valence-corrected chi connectivity index (χ2v) is 5.13. The first-order valence-corrected chi connectivity index (χ1v) is 7.06. The lowest BCUT2D eigenvalue weighted by atomic mass is 10.0. The Morgan fingerprint density at radius 3 is 2.74 bits per heavy atom. The Kier molecular flexibility index (Phi) is 3.89. The van der Waals surface area contributed by atoms with E-state index >= 15 is 0 Å². The zero-order chi connectivity index (χ0) is 16.4. The van der Waals surface area contributed by atoms with Crippen molar-refractivity contribution in [2.75, 3.05) is 12.4 Å². The summed E-state index contributed by atoms with van der Waals surface area (Å²) in [5, 5.41) is 12.3. The number of rotatable bonds is 3. The molecule has 2 aromatic carbocycles. The van der Waals surface area contributed by atoms with Crippen LogP contribution in [0.1, 0.15) is 28.4 Å². The van der Waals surface area contributed by atoms with Crippen LogP contribution in [0.4, 0.5) is 5.69 Å². The van der Waals surface area contributed by atoms with Crippen LogP contribution in [-0.2, 0) is 9.53 Å². The number of aromatic carboxylic acids is 1. The normalized spacial score (nSPS) is 15.3. The number of carboxylic acids is 1. The predicted octanol–water partition coefficient (Wildman–Crippen LogP) is 3.21. The zero-order valence-electron chi connectivity index (χ0n) is 12.4. The number of hydrogen-bond donors (Lipinski definition) is 2. The van der Waals surface area contributed by atoms with Crippen molar-refractivity contribution in [3.8, 4) is 11.5 Å². The predicted molar refractivity (Wildman–Crippen MR) is 82.9 cm³/mol. The quantitative estimate of drug-likeness (QED) is 0.846. The summed E-state index contributed by atoms with van der Waals surface area (Å²) < 4.78 is 10.6. The maximum atomic E-state index is 11.7. The molecule has 1 aliphatic heterocycles. The van der Waals surface area contributed by atoms with E-state index in [2.05, 4.69) is 5.32 Å². The van der Waals surface area contributed by atoms with Gasteiger partial charge in [-0.2, -0.15) is 0 Å². The number of methoxy groups -OCH3 is 1. The summed E-state index contributed by atoms with van der Waals surface area (Å²) in [6, 6.07) is 11.6. The topological polar surface area (TPSA) is 84.9 Å². The van der Waals surface area contributed by atoms with Gasteiger partial charge in [-0.15, -0.1) is 0 Å². The molecule has 23 heavy (non-hydrogen) atoms. The van der Waals surface area contributed by atoms with Crippen LogP contribution in [-0.4, -0.2) is 24.2 Å². The van der Waals surface area contributed by atoms with Gasteiger partial charge in [-0.3, -0.25) is 4.79 Å². The largest absolute Gasteiger partial charge is 0.478 e. The summed E-state index contributed by atoms with van der Waals surface area (Å²) in [6.45, 7) is 0. The number of carboxylic acid groups (broad SMARTS) is 1. The van der Waals surface area contributed by atoms with Crippen LogP contribution < -0.4 is 10.1 Å². The minimum Gasteiger partial charge on any atom is -0.478 e. The van der Waals surface area contributed by atoms with Gasteiger partial charge in [0.15, 0.2) is 5.75 Å². The molecule has 0 amide bonds. The van der Waals surface area contributed by atoms with Crippen molar-refractivity contribution in [1.82, 2.24) is 0 Å². The molecule has 3 rings (SSSR count). The maximum Gasteiger partial charge on any atom is 0.335 e. The molecule has 1 atom stereocenters. The van der Waals surface area contributed by atoms with Crippen molar-refractivity contribution < 1.29 is 24.2 Å². The molecule has 0 spiro atoms. The molecule has 0 aromatic heterocycles. The minimum absolute atomic E-state index is 0.134. The maximum absolute atomic E-state index is 11.7. The van der Waals surface area contributed by atoms with E-state index in [4.69, 9.17) is 14.6 Å². The summed E-state index contributed by atoms with van der Waals surface area (Å²) in [5.74, 6) is -0.386. The number of nitrogens with one attached hydrogen (secondary N) is 1. The Morgan fingerprint density at radius 2 is 2.00 bits per heavy atom. The highest BCUT2D eigenvalue weighted by molar-refractivity contribution is 5.89. The van der Waals surface area contributed by atoms with Crippen molar-refractivity contribution in [3.05, 3.63) is 53.6 Å². The van der Waals surface area contributed by atoms with E-state index in [-0.39, 0.29) is 24.0 Å². The number of carbonyl (C=O) groups is 2. The van der Waals surface area contributed by atoms with Crippen molar-refractivity contribution >= 4 is 17.6 Å². The Labute approximate surface area is 132 Å². The molecule has 1 aliphatic rings. The van der Waals surface area contributed by atoms with Crippen molar-refractivity contribution in [3.63, 3.8) is 0 Å². The average Bonchev–Trinajstić information content (AvgIpc) is 2.70. The van der Waals surface area contributed by atoms with E-state index in [0.29, 0.717) is 17.2 Å². The molecule has 0 radical (unpaired) electrons. The van der Waals surface area contributed by atoms with Gasteiger partial charge in [0.25, 0.3) is 0 Å². The first kappa shape index (κ1) is 14.9. The molecule has 1 heterocycles. The fourth-order valence-corrected chi connectivity index (χ4v) is 2.52. The molecule has 0 fully saturated rings. The summed E-state index contributed by atoms with van der Waals surface area (Å²) in [6.07, 6.45) is 0.136. The van der Waals surface area contributed by atoms with Crippen molar-refractivity contribution in [2.24, 2.45) is 0 Å². The van der Waals surface area contributed by atoms with E-state index in [9.17, 15) is 9.59 Å². The van der Waals surface area contributed by atoms with Crippen LogP contribution in [0.25, 0.3) is 0 Å². The van der Waals surface area contributed by atoms with E-state index in [0.717, 1.165) is 5.56 Å². The number of carbonyl (C=O) groups excluding carboxylic acids is 1. The van der Waals surface area contributed by atoms with Crippen LogP contribution in [0.5, 0.6) is 11.5 Å². The number of anilines is 1. The van der Waals surface area contributed by atoms with Gasteiger partial charge in [-0.25, -0.2) is 4.79 Å². The number of para-hydroxylation sites is 1. The fourth-order valence-electron chi connectivity index (χ4n) is 2.52. The minimum atomic E-state index is -1.03. The molecule has 0 saturated carbocycles. The Hall–Kier alpha value is -3.02. The van der Waals surface area contributed by atoms with Crippen LogP contribution >= 0.6 is 0 Å². The summed E-state index contributed by atoms with van der Waals surface area (Å²) in [4.78, 5) is 22.8. The summed E-state index contributed by atoms with van der Waals surface area (Å²) >= 11 is 0. The molecular formula is C17H15NO5. The highest BCUT2D eigenvalue weighted by Gasteiger charge is 2.25. The lowest BCUT2D eigenvalue weighted by molar-refractivity contribution is -0.140. The molecule has 1 unspecified atom stereocenters. The molecule has 2 aromatic rings. The van der Waals surface area contributed by atoms with Gasteiger partial charge in [-0.05, 0) is 24.3 Å². The smallest absolute Gasteiger partial charge is 0.335 e. The van der Waals surface area contributed by atoms with Gasteiger partial charge in [0, 0.05) is 5.56 Å². The Morgan fingerprint density at radius 1 is 1.22 bits per heavy atom. The van der Waals surface area contributed by atoms with Gasteiger partial charge in [0.2, 0.25) is 0 Å². The second kappa shape index (κ2) is 6.00. The number of esters is 1. The van der Waals surface area contributed by atoms with Crippen molar-refractivity contribution in [2.45, 2.75) is 12.5 Å². The Bertz CT molecular complexity index is 771. The van der Waals surface area contributed by atoms with Gasteiger partial charge in [0.1, 0.15) is 5.75 Å². The number of benzene rings is 2. The first-order valence-electron chi connectivity index (χ1n) is 7.06. The zero-order valence-corrected chi connectivity index (χ0v) is 12.4. The average molecular weight is 313 g/mol. The van der Waals surface area contributed by atoms with E-state index < -0.39 is 5.97 Å². The molecule has 2 N–H and O–H groups in total.